The van der Waals surface area contributed by atoms with Crippen LogP contribution in [0, 0.1) is 5.92 Å². The number of carbonyl (C=O) groups is 2. The first-order valence-corrected chi connectivity index (χ1v) is 8.81. The molecule has 2 aliphatic rings. The second kappa shape index (κ2) is 6.86. The molecular formula is C14H19NO6S2. The Morgan fingerprint density at radius 2 is 2.22 bits per heavy atom. The Hall–Kier alpha value is -1.00. The quantitative estimate of drug-likeness (QED) is 0.357. The van der Waals surface area contributed by atoms with Crippen LogP contribution in [0.5, 0.6) is 0 Å². The average Bonchev–Trinajstić information content (AvgIpc) is 2.75. The number of carboxylic acids is 1. The van der Waals surface area contributed by atoms with Gasteiger partial charge in [0.05, 0.1) is 29.0 Å². The summed E-state index contributed by atoms with van der Waals surface area (Å²) in [5.74, 6) is -2.26. The monoisotopic (exact) mass is 361 g/mol. The minimum Gasteiger partial charge on any atom is -0.477 e. The molecule has 0 radical (unpaired) electrons. The van der Waals surface area contributed by atoms with Crippen molar-refractivity contribution >= 4 is 35.4 Å². The van der Waals surface area contributed by atoms with Crippen molar-refractivity contribution in [2.45, 2.75) is 30.4 Å². The van der Waals surface area contributed by atoms with Crippen molar-refractivity contribution in [1.82, 2.24) is 4.90 Å². The summed E-state index contributed by atoms with van der Waals surface area (Å²) in [4.78, 5) is 24.3. The van der Waals surface area contributed by atoms with Crippen LogP contribution < -0.4 is 0 Å². The lowest BCUT2D eigenvalue weighted by Gasteiger charge is -2.54. The first-order valence-electron chi connectivity index (χ1n) is 7.01. The summed E-state index contributed by atoms with van der Waals surface area (Å²) in [6.07, 6.45) is 0.0449. The zero-order valence-corrected chi connectivity index (χ0v) is 14.1. The molecule has 1 fully saturated rings. The van der Waals surface area contributed by atoms with E-state index < -0.39 is 41.5 Å². The van der Waals surface area contributed by atoms with Crippen molar-refractivity contribution in [3.63, 3.8) is 0 Å². The molecule has 9 heteroatoms. The molecule has 0 aromatic rings. The van der Waals surface area contributed by atoms with Gasteiger partial charge in [0.1, 0.15) is 4.87 Å². The minimum absolute atomic E-state index is 0.112. The van der Waals surface area contributed by atoms with Gasteiger partial charge in [-0.15, -0.1) is 18.3 Å². The number of aliphatic carboxylic acids is 1. The van der Waals surface area contributed by atoms with Gasteiger partial charge in [-0.3, -0.25) is 9.69 Å². The summed E-state index contributed by atoms with van der Waals surface area (Å²) in [5, 5.41) is 37.7. The van der Waals surface area contributed by atoms with Gasteiger partial charge in [-0.2, -0.15) is 0 Å². The van der Waals surface area contributed by atoms with Gasteiger partial charge >= 0.3 is 5.97 Å². The van der Waals surface area contributed by atoms with E-state index in [2.05, 4.69) is 6.58 Å². The van der Waals surface area contributed by atoms with Crippen molar-refractivity contribution in [3.8, 4) is 0 Å². The Bertz CT molecular complexity index is 563. The molecule has 2 rings (SSSR count). The molecule has 1 amide bonds. The Kier molecular flexibility index (Phi) is 5.47. The molecule has 0 bridgehead atoms. The molecule has 2 aliphatic heterocycles. The number of nitrogens with zero attached hydrogens (tertiary/aromatic N) is 1. The minimum atomic E-state index is -1.23. The number of carboxylic acid groups (broad SMARTS) is 1. The number of β-lactam (4-membered cyclic amide) rings is 1. The standard InChI is InChI=1S/C14H19NO6S2/c1-3-4-14-9(7(2)17)11(19)15(14)10(12(20)21)13(23-14)22-6-8(18)5-16/h3,7-9,16-18H,1,4-6H2,2H3,(H,20,21)/t7?,8?,9-,14+/m0/s1. The highest BCUT2D eigenvalue weighted by molar-refractivity contribution is 8.23. The predicted molar refractivity (Wildman–Crippen MR) is 87.4 cm³/mol. The van der Waals surface area contributed by atoms with Gasteiger partial charge in [0, 0.05) is 5.75 Å². The number of hydrogen-bond acceptors (Lipinski definition) is 7. The van der Waals surface area contributed by atoms with E-state index in [9.17, 15) is 24.9 Å². The van der Waals surface area contributed by atoms with Crippen LogP contribution in [0.4, 0.5) is 0 Å². The van der Waals surface area contributed by atoms with E-state index >= 15 is 0 Å². The number of thioether (sulfide) groups is 2. The van der Waals surface area contributed by atoms with Gasteiger partial charge in [0.15, 0.2) is 5.70 Å². The highest BCUT2D eigenvalue weighted by Gasteiger charge is 2.67. The van der Waals surface area contributed by atoms with Crippen molar-refractivity contribution in [2.24, 2.45) is 5.92 Å². The summed E-state index contributed by atoms with van der Waals surface area (Å²) in [7, 11) is 0. The molecule has 128 valence electrons. The van der Waals surface area contributed by atoms with E-state index in [0.29, 0.717) is 10.7 Å². The van der Waals surface area contributed by atoms with Gasteiger partial charge < -0.3 is 20.4 Å². The fourth-order valence-electron chi connectivity index (χ4n) is 2.86. The Balaban J connectivity index is 2.34. The van der Waals surface area contributed by atoms with E-state index in [0.717, 1.165) is 11.8 Å². The van der Waals surface area contributed by atoms with Gasteiger partial charge in [-0.05, 0) is 13.3 Å². The molecule has 23 heavy (non-hydrogen) atoms. The smallest absolute Gasteiger partial charge is 0.354 e. The van der Waals surface area contributed by atoms with Gasteiger partial charge in [0.2, 0.25) is 5.91 Å². The van der Waals surface area contributed by atoms with E-state index in [1.165, 1.54) is 23.6 Å². The lowest BCUT2D eigenvalue weighted by molar-refractivity contribution is -0.166. The SMILES string of the molecule is C=CC[C@]12SC(SCC(O)CO)=C(C(=O)O)N1C(=O)[C@@H]2C(C)O. The van der Waals surface area contributed by atoms with E-state index in [-0.39, 0.29) is 11.4 Å². The molecule has 0 aromatic carbocycles. The van der Waals surface area contributed by atoms with Crippen LogP contribution in [0.25, 0.3) is 0 Å². The first-order chi connectivity index (χ1) is 10.8. The van der Waals surface area contributed by atoms with E-state index in [4.69, 9.17) is 5.11 Å². The van der Waals surface area contributed by atoms with Crippen LogP contribution in [-0.4, -0.2) is 66.6 Å². The van der Waals surface area contributed by atoms with Crippen molar-refractivity contribution < 1.29 is 30.0 Å². The Morgan fingerprint density at radius 1 is 1.57 bits per heavy atom. The molecule has 7 nitrogen and oxygen atoms in total. The first kappa shape index (κ1) is 18.3. The van der Waals surface area contributed by atoms with Crippen LogP contribution in [-0.2, 0) is 9.59 Å². The second-order valence-corrected chi connectivity index (χ2v) is 8.03. The third-order valence-electron chi connectivity index (χ3n) is 3.78. The number of aliphatic hydroxyl groups excluding tert-OH is 3. The number of fused-ring (bicyclic) bond motifs is 1. The summed E-state index contributed by atoms with van der Waals surface area (Å²) in [6.45, 7) is 4.74. The molecule has 4 atom stereocenters. The largest absolute Gasteiger partial charge is 0.477 e. The molecule has 0 spiro atoms. The van der Waals surface area contributed by atoms with Crippen LogP contribution >= 0.6 is 23.5 Å². The van der Waals surface area contributed by atoms with Crippen molar-refractivity contribution in [3.05, 3.63) is 22.6 Å². The molecule has 4 N–H and O–H groups in total. The van der Waals surface area contributed by atoms with Crippen LogP contribution in [0.2, 0.25) is 0 Å². The van der Waals surface area contributed by atoms with Crippen LogP contribution in [0.15, 0.2) is 22.6 Å². The second-order valence-electron chi connectivity index (χ2n) is 5.42. The molecule has 1 saturated heterocycles. The maximum Gasteiger partial charge on any atom is 0.354 e. The van der Waals surface area contributed by atoms with E-state index in [1.54, 1.807) is 6.08 Å². The number of hydrogen-bond donors (Lipinski definition) is 4. The lowest BCUT2D eigenvalue weighted by atomic mass is 9.80. The molecule has 0 aromatic heterocycles. The fourth-order valence-corrected chi connectivity index (χ4v) is 5.99. The van der Waals surface area contributed by atoms with Crippen molar-refractivity contribution in [1.29, 1.82) is 0 Å². The third kappa shape index (κ3) is 2.91. The summed E-state index contributed by atoms with van der Waals surface area (Å²) in [5.41, 5.74) is -0.131. The van der Waals surface area contributed by atoms with Gasteiger partial charge in [-0.1, -0.05) is 17.8 Å². The summed E-state index contributed by atoms with van der Waals surface area (Å²) in [6, 6.07) is 0. The van der Waals surface area contributed by atoms with Crippen molar-refractivity contribution in [2.75, 3.05) is 12.4 Å². The van der Waals surface area contributed by atoms with Gasteiger partial charge in [0.25, 0.3) is 0 Å². The van der Waals surface area contributed by atoms with Crippen LogP contribution in [0.3, 0.4) is 0 Å². The molecular weight excluding hydrogens is 342 g/mol. The molecule has 2 unspecified atom stereocenters. The average molecular weight is 361 g/mol. The topological polar surface area (TPSA) is 118 Å². The summed E-state index contributed by atoms with van der Waals surface area (Å²) < 4.78 is 0.392. The zero-order valence-electron chi connectivity index (χ0n) is 12.5. The fraction of sp³-hybridized carbons (Fsp3) is 0.571. The maximum atomic E-state index is 12.3. The van der Waals surface area contributed by atoms with E-state index in [1.807, 2.05) is 0 Å². The highest BCUT2D eigenvalue weighted by Crippen LogP contribution is 2.62. The maximum absolute atomic E-state index is 12.3. The third-order valence-corrected chi connectivity index (χ3v) is 6.72. The molecule has 0 saturated carbocycles. The zero-order chi connectivity index (χ0) is 17.4. The normalized spacial score (nSPS) is 29.1. The lowest BCUT2D eigenvalue weighted by Crippen LogP contribution is -2.69. The number of rotatable bonds is 8. The summed E-state index contributed by atoms with van der Waals surface area (Å²) >= 11 is 2.29. The Morgan fingerprint density at radius 3 is 2.70 bits per heavy atom. The number of amides is 1. The van der Waals surface area contributed by atoms with Crippen LogP contribution in [0.1, 0.15) is 13.3 Å². The Labute approximate surface area is 142 Å². The number of aliphatic hydroxyl groups is 3. The number of carbonyl (C=O) groups excluding carboxylic acids is 1. The van der Waals surface area contributed by atoms with Gasteiger partial charge in [-0.25, -0.2) is 4.79 Å². The highest BCUT2D eigenvalue weighted by atomic mass is 32.2. The predicted octanol–water partition coefficient (Wildman–Crippen LogP) is 0.185. The molecule has 2 heterocycles. The molecule has 0 aliphatic carbocycles.